The molecule has 2 aliphatic heterocycles. The van der Waals surface area contributed by atoms with Gasteiger partial charge in [-0.25, -0.2) is 0 Å². The average molecular weight is 411 g/mol. The number of anilines is 3. The van der Waals surface area contributed by atoms with Crippen LogP contribution in [0.5, 0.6) is 0 Å². The molecule has 2 heterocycles. The van der Waals surface area contributed by atoms with Crippen LogP contribution in [0.1, 0.15) is 18.4 Å². The van der Waals surface area contributed by atoms with Gasteiger partial charge in [-0.1, -0.05) is 17.7 Å². The maximum absolute atomic E-state index is 12.9. The summed E-state index contributed by atoms with van der Waals surface area (Å²) in [4.78, 5) is 15.5. The molecule has 4 nitrogen and oxygen atoms in total. The van der Waals surface area contributed by atoms with Gasteiger partial charge in [-0.3, -0.25) is 4.79 Å². The minimum atomic E-state index is -4.39. The van der Waals surface area contributed by atoms with Gasteiger partial charge in [0.2, 0.25) is 0 Å². The van der Waals surface area contributed by atoms with E-state index in [0.717, 1.165) is 23.5 Å². The van der Waals surface area contributed by atoms with Gasteiger partial charge in [-0.05, 0) is 49.2 Å². The molecule has 2 aromatic carbocycles. The molecular weight excluding hydrogens is 393 g/mol. The summed E-state index contributed by atoms with van der Waals surface area (Å²) >= 11 is 6.47. The molecule has 0 bridgehead atoms. The van der Waals surface area contributed by atoms with Crippen LogP contribution in [0.4, 0.5) is 30.2 Å². The molecule has 1 N–H and O–H groups in total. The lowest BCUT2D eigenvalue weighted by Crippen LogP contribution is -2.52. The van der Waals surface area contributed by atoms with Crippen LogP contribution in [0.2, 0.25) is 5.02 Å². The van der Waals surface area contributed by atoms with Gasteiger partial charge in [0.15, 0.2) is 0 Å². The number of piperidine rings is 1. The zero-order valence-corrected chi connectivity index (χ0v) is 15.5. The summed E-state index contributed by atoms with van der Waals surface area (Å²) < 4.78 is 38.7. The number of hydrogen-bond acceptors (Lipinski definition) is 3. The van der Waals surface area contributed by atoms with Crippen LogP contribution < -0.4 is 9.80 Å². The largest absolute Gasteiger partial charge is 0.481 e. The molecule has 0 spiro atoms. The zero-order valence-electron chi connectivity index (χ0n) is 14.8. The number of hydrogen-bond donors (Lipinski definition) is 1. The first-order chi connectivity index (χ1) is 13.3. The molecule has 0 aliphatic carbocycles. The van der Waals surface area contributed by atoms with E-state index in [1.807, 2.05) is 17.0 Å². The minimum Gasteiger partial charge on any atom is -0.481 e. The number of alkyl halides is 3. The fourth-order valence-electron chi connectivity index (χ4n) is 4.13. The predicted octanol–water partition coefficient (Wildman–Crippen LogP) is 5.18. The van der Waals surface area contributed by atoms with Crippen LogP contribution >= 0.6 is 11.6 Å². The number of carboxylic acids is 1. The Hall–Kier alpha value is -2.41. The summed E-state index contributed by atoms with van der Waals surface area (Å²) in [5.74, 6) is -1.24. The van der Waals surface area contributed by atoms with Crippen molar-refractivity contribution in [2.45, 2.75) is 25.1 Å². The Morgan fingerprint density at radius 3 is 2.50 bits per heavy atom. The van der Waals surface area contributed by atoms with E-state index in [0.29, 0.717) is 36.6 Å². The maximum atomic E-state index is 12.9. The van der Waals surface area contributed by atoms with Crippen LogP contribution in [0.3, 0.4) is 0 Å². The number of fused-ring (bicyclic) bond motifs is 3. The number of para-hydroxylation sites is 1. The quantitative estimate of drug-likeness (QED) is 0.740. The molecule has 4 rings (SSSR count). The van der Waals surface area contributed by atoms with Crippen molar-refractivity contribution in [2.24, 2.45) is 5.92 Å². The van der Waals surface area contributed by atoms with Gasteiger partial charge < -0.3 is 14.9 Å². The van der Waals surface area contributed by atoms with Crippen molar-refractivity contribution in [2.75, 3.05) is 22.9 Å². The monoisotopic (exact) mass is 410 g/mol. The Morgan fingerprint density at radius 1 is 1.14 bits per heavy atom. The summed E-state index contributed by atoms with van der Waals surface area (Å²) in [5.41, 5.74) is 1.54. The molecule has 0 aromatic heterocycles. The first kappa shape index (κ1) is 18.9. The highest BCUT2D eigenvalue weighted by molar-refractivity contribution is 6.34. The van der Waals surface area contributed by atoms with E-state index in [1.165, 1.54) is 12.1 Å². The van der Waals surface area contributed by atoms with E-state index in [4.69, 9.17) is 11.6 Å². The highest BCUT2D eigenvalue weighted by Gasteiger charge is 2.39. The Labute approximate surface area is 165 Å². The second-order valence-corrected chi connectivity index (χ2v) is 7.58. The Morgan fingerprint density at radius 2 is 1.86 bits per heavy atom. The van der Waals surface area contributed by atoms with Crippen molar-refractivity contribution >= 4 is 34.6 Å². The lowest BCUT2D eigenvalue weighted by Gasteiger charge is -2.48. The second kappa shape index (κ2) is 6.88. The minimum absolute atomic E-state index is 0.0791. The van der Waals surface area contributed by atoms with Crippen molar-refractivity contribution in [1.29, 1.82) is 0 Å². The van der Waals surface area contributed by atoms with Gasteiger partial charge in [0, 0.05) is 24.8 Å². The van der Waals surface area contributed by atoms with Gasteiger partial charge in [-0.15, -0.1) is 0 Å². The van der Waals surface area contributed by atoms with E-state index in [1.54, 1.807) is 6.07 Å². The molecule has 0 amide bonds. The van der Waals surface area contributed by atoms with Crippen molar-refractivity contribution in [3.05, 3.63) is 53.1 Å². The Kier molecular flexibility index (Phi) is 4.65. The summed E-state index contributed by atoms with van der Waals surface area (Å²) in [7, 11) is 0. The predicted molar refractivity (Wildman–Crippen MR) is 101 cm³/mol. The Balaban J connectivity index is 1.74. The number of aliphatic carboxylic acids is 1. The Bertz CT molecular complexity index is 901. The first-order valence-electron chi connectivity index (χ1n) is 8.98. The fourth-order valence-corrected chi connectivity index (χ4v) is 4.41. The van der Waals surface area contributed by atoms with E-state index in [-0.39, 0.29) is 6.04 Å². The van der Waals surface area contributed by atoms with Crippen molar-refractivity contribution in [3.8, 4) is 0 Å². The molecule has 0 unspecified atom stereocenters. The standard InChI is InChI=1S/C20H18ClF3N2O2/c21-16-2-1-3-17-18(16)25-9-8-12(19(27)28)10-15(25)11-26(17)14-6-4-13(5-7-14)20(22,23)24/h1-7,12,15H,8-11H2,(H,27,28)/t12-,15-/m0/s1. The fraction of sp³-hybridized carbons (Fsp3) is 0.350. The first-order valence-corrected chi connectivity index (χ1v) is 9.36. The SMILES string of the molecule is O=C(O)[C@H]1CCN2c3c(Cl)cccc3N(c3ccc(C(F)(F)F)cc3)C[C@@H]2C1. The molecule has 0 radical (unpaired) electrons. The molecule has 0 saturated carbocycles. The molecule has 2 aromatic rings. The number of benzene rings is 2. The highest BCUT2D eigenvalue weighted by Crippen LogP contribution is 2.46. The molecule has 28 heavy (non-hydrogen) atoms. The van der Waals surface area contributed by atoms with E-state index in [2.05, 4.69) is 4.90 Å². The van der Waals surface area contributed by atoms with Gasteiger partial charge in [0.1, 0.15) is 0 Å². The number of halogens is 4. The van der Waals surface area contributed by atoms with Crippen molar-refractivity contribution in [1.82, 2.24) is 0 Å². The highest BCUT2D eigenvalue weighted by atomic mass is 35.5. The second-order valence-electron chi connectivity index (χ2n) is 7.17. The van der Waals surface area contributed by atoms with Crippen LogP contribution in [0.25, 0.3) is 0 Å². The van der Waals surface area contributed by atoms with Crippen LogP contribution in [0, 0.1) is 5.92 Å². The third kappa shape index (κ3) is 3.28. The topological polar surface area (TPSA) is 43.8 Å². The van der Waals surface area contributed by atoms with Gasteiger partial charge in [0.05, 0.1) is 27.9 Å². The number of rotatable bonds is 2. The van der Waals surface area contributed by atoms with Gasteiger partial charge in [-0.2, -0.15) is 13.2 Å². The number of carbonyl (C=O) groups is 1. The third-order valence-electron chi connectivity index (χ3n) is 5.51. The summed E-state index contributed by atoms with van der Waals surface area (Å²) in [6.07, 6.45) is -3.38. The molecule has 8 heteroatoms. The maximum Gasteiger partial charge on any atom is 0.416 e. The molecule has 2 atom stereocenters. The van der Waals surface area contributed by atoms with Crippen LogP contribution in [-0.4, -0.2) is 30.2 Å². The summed E-state index contributed by atoms with van der Waals surface area (Å²) in [6.45, 7) is 1.07. The van der Waals surface area contributed by atoms with Crippen LogP contribution in [-0.2, 0) is 11.0 Å². The average Bonchev–Trinajstić information content (AvgIpc) is 2.66. The van der Waals surface area contributed by atoms with Gasteiger partial charge in [0.25, 0.3) is 0 Å². The van der Waals surface area contributed by atoms with E-state index >= 15 is 0 Å². The van der Waals surface area contributed by atoms with E-state index < -0.39 is 23.6 Å². The molecular formula is C20H18ClF3N2O2. The van der Waals surface area contributed by atoms with E-state index in [9.17, 15) is 23.1 Å². The summed E-state index contributed by atoms with van der Waals surface area (Å²) in [5, 5.41) is 9.95. The normalized spacial score (nSPS) is 21.9. The molecule has 2 aliphatic rings. The molecule has 148 valence electrons. The lowest BCUT2D eigenvalue weighted by atomic mass is 9.88. The summed E-state index contributed by atoms with van der Waals surface area (Å²) in [6, 6.07) is 10.4. The number of carboxylic acid groups (broad SMARTS) is 1. The lowest BCUT2D eigenvalue weighted by molar-refractivity contribution is -0.142. The third-order valence-corrected chi connectivity index (χ3v) is 5.81. The molecule has 1 fully saturated rings. The van der Waals surface area contributed by atoms with Crippen LogP contribution in [0.15, 0.2) is 42.5 Å². The van der Waals surface area contributed by atoms with Gasteiger partial charge >= 0.3 is 12.1 Å². The van der Waals surface area contributed by atoms with Crippen molar-refractivity contribution in [3.63, 3.8) is 0 Å². The number of nitrogens with zero attached hydrogens (tertiary/aromatic N) is 2. The van der Waals surface area contributed by atoms with Crippen molar-refractivity contribution < 1.29 is 23.1 Å². The molecule has 1 saturated heterocycles. The smallest absolute Gasteiger partial charge is 0.416 e. The zero-order chi connectivity index (χ0) is 20.1.